The van der Waals surface area contributed by atoms with Gasteiger partial charge in [0.05, 0.1) is 7.11 Å². The van der Waals surface area contributed by atoms with Gasteiger partial charge in [0, 0.05) is 18.6 Å². The summed E-state index contributed by atoms with van der Waals surface area (Å²) >= 11 is 0. The summed E-state index contributed by atoms with van der Waals surface area (Å²) in [5, 5.41) is 39.8. The summed E-state index contributed by atoms with van der Waals surface area (Å²) in [4.78, 5) is 12.6. The van der Waals surface area contributed by atoms with Crippen molar-refractivity contribution in [3.63, 3.8) is 0 Å². The third-order valence-electron chi connectivity index (χ3n) is 3.92. The van der Waals surface area contributed by atoms with Crippen molar-refractivity contribution in [1.82, 2.24) is 0 Å². The Hall–Kier alpha value is -2.93. The Bertz CT molecular complexity index is 815. The smallest absolute Gasteiger partial charge is 0.205 e. The van der Waals surface area contributed by atoms with Crippen molar-refractivity contribution in [2.24, 2.45) is 0 Å². The number of ketones is 1. The summed E-state index contributed by atoms with van der Waals surface area (Å²) in [6, 6.07) is 6.72. The molecule has 0 aliphatic carbocycles. The number of rotatable bonds is 3. The van der Waals surface area contributed by atoms with Crippen LogP contribution in [-0.2, 0) is 6.42 Å². The van der Waals surface area contributed by atoms with Crippen LogP contribution in [0.2, 0.25) is 0 Å². The molecule has 7 nitrogen and oxygen atoms in total. The number of hydrogen-bond donors (Lipinski definition) is 4. The molecule has 126 valence electrons. The van der Waals surface area contributed by atoms with E-state index in [4.69, 9.17) is 9.47 Å². The van der Waals surface area contributed by atoms with Gasteiger partial charge in [-0.3, -0.25) is 4.79 Å². The van der Waals surface area contributed by atoms with Crippen molar-refractivity contribution in [3.8, 4) is 28.7 Å². The fourth-order valence-corrected chi connectivity index (χ4v) is 2.74. The molecule has 1 aliphatic heterocycles. The molecule has 0 amide bonds. The number of Topliss-reactive ketones (excluding diaryl/α,β-unsaturated/α-hetero) is 1. The second kappa shape index (κ2) is 5.61. The van der Waals surface area contributed by atoms with Gasteiger partial charge >= 0.3 is 0 Å². The van der Waals surface area contributed by atoms with Crippen LogP contribution in [0.1, 0.15) is 15.9 Å². The van der Waals surface area contributed by atoms with Gasteiger partial charge in [-0.25, -0.2) is 0 Å². The molecule has 2 aromatic rings. The van der Waals surface area contributed by atoms with E-state index in [1.54, 1.807) is 6.07 Å². The SMILES string of the molecule is COc1ccc(CC2(O)COc3cc(O)cc(O)c3C2=O)cc1O. The minimum absolute atomic E-state index is 0.0137. The largest absolute Gasteiger partial charge is 0.508 e. The molecule has 4 N–H and O–H groups in total. The second-order valence-corrected chi connectivity index (χ2v) is 5.67. The Morgan fingerprint density at radius 2 is 1.92 bits per heavy atom. The van der Waals surface area contributed by atoms with Gasteiger partial charge in [-0.1, -0.05) is 6.07 Å². The molecule has 7 heteroatoms. The number of aromatic hydroxyl groups is 3. The maximum Gasteiger partial charge on any atom is 0.205 e. The summed E-state index contributed by atoms with van der Waals surface area (Å²) in [6.45, 7) is -0.339. The standard InChI is InChI=1S/C17H16O7/c1-23-13-3-2-9(4-11(13)19)7-17(22)8-24-14-6-10(18)5-12(20)15(14)16(17)21/h2-6,18-20,22H,7-8H2,1H3. The maximum absolute atomic E-state index is 12.6. The number of aliphatic hydroxyl groups is 1. The predicted octanol–water partition coefficient (Wildman–Crippen LogP) is 1.36. The van der Waals surface area contributed by atoms with Crippen LogP contribution in [0.3, 0.4) is 0 Å². The number of phenolic OH excluding ortho intramolecular Hbond substituents is 3. The monoisotopic (exact) mass is 332 g/mol. The fraction of sp³-hybridized carbons (Fsp3) is 0.235. The molecule has 0 fully saturated rings. The molecule has 1 heterocycles. The van der Waals surface area contributed by atoms with Crippen LogP contribution in [0, 0.1) is 0 Å². The zero-order valence-electron chi connectivity index (χ0n) is 12.8. The van der Waals surface area contributed by atoms with E-state index in [1.165, 1.54) is 25.3 Å². The molecular weight excluding hydrogens is 316 g/mol. The Morgan fingerprint density at radius 3 is 2.58 bits per heavy atom. The van der Waals surface area contributed by atoms with E-state index in [9.17, 15) is 25.2 Å². The Morgan fingerprint density at radius 1 is 1.17 bits per heavy atom. The van der Waals surface area contributed by atoms with Crippen molar-refractivity contribution in [2.45, 2.75) is 12.0 Å². The van der Waals surface area contributed by atoms with E-state index in [1.807, 2.05) is 0 Å². The predicted molar refractivity (Wildman–Crippen MR) is 82.9 cm³/mol. The van der Waals surface area contributed by atoms with E-state index in [-0.39, 0.29) is 41.6 Å². The summed E-state index contributed by atoms with van der Waals surface area (Å²) in [5.41, 5.74) is -1.59. The number of benzene rings is 2. The Balaban J connectivity index is 1.94. The lowest BCUT2D eigenvalue weighted by Gasteiger charge is -2.32. The normalized spacial score (nSPS) is 19.5. The summed E-state index contributed by atoms with van der Waals surface area (Å²) in [7, 11) is 1.41. The molecule has 0 saturated heterocycles. The lowest BCUT2D eigenvalue weighted by atomic mass is 9.85. The molecule has 1 atom stereocenters. The first-order chi connectivity index (χ1) is 11.3. The second-order valence-electron chi connectivity index (χ2n) is 5.67. The van der Waals surface area contributed by atoms with Crippen molar-refractivity contribution in [2.75, 3.05) is 13.7 Å². The summed E-state index contributed by atoms with van der Waals surface area (Å²) < 4.78 is 10.3. The summed E-state index contributed by atoms with van der Waals surface area (Å²) in [6.07, 6.45) is -0.122. The van der Waals surface area contributed by atoms with E-state index in [0.717, 1.165) is 6.07 Å². The Labute approximate surface area is 137 Å². The van der Waals surface area contributed by atoms with E-state index >= 15 is 0 Å². The molecule has 0 spiro atoms. The molecule has 0 bridgehead atoms. The number of phenols is 3. The van der Waals surface area contributed by atoms with Gasteiger partial charge in [0.25, 0.3) is 0 Å². The van der Waals surface area contributed by atoms with Gasteiger partial charge in [0.1, 0.15) is 29.4 Å². The quantitative estimate of drug-likeness (QED) is 0.670. The highest BCUT2D eigenvalue weighted by Gasteiger charge is 2.44. The molecule has 2 aromatic carbocycles. The topological polar surface area (TPSA) is 116 Å². The first-order valence-corrected chi connectivity index (χ1v) is 7.16. The highest BCUT2D eigenvalue weighted by molar-refractivity contribution is 6.08. The number of hydrogen-bond acceptors (Lipinski definition) is 7. The number of methoxy groups -OCH3 is 1. The summed E-state index contributed by atoms with van der Waals surface area (Å²) in [5.74, 6) is -1.25. The zero-order chi connectivity index (χ0) is 17.5. The Kier molecular flexibility index (Phi) is 3.73. The first kappa shape index (κ1) is 15.9. The molecule has 0 radical (unpaired) electrons. The third-order valence-corrected chi connectivity index (χ3v) is 3.92. The van der Waals surface area contributed by atoms with Crippen molar-refractivity contribution in [1.29, 1.82) is 0 Å². The number of carbonyl (C=O) groups is 1. The minimum atomic E-state index is -1.90. The molecule has 3 rings (SSSR count). The number of carbonyl (C=O) groups excluding carboxylic acids is 1. The molecule has 1 aliphatic rings. The minimum Gasteiger partial charge on any atom is -0.508 e. The molecular formula is C17H16O7. The van der Waals surface area contributed by atoms with E-state index in [2.05, 4.69) is 0 Å². The fourth-order valence-electron chi connectivity index (χ4n) is 2.74. The average Bonchev–Trinajstić information content (AvgIpc) is 2.51. The van der Waals surface area contributed by atoms with Crippen LogP contribution < -0.4 is 9.47 Å². The van der Waals surface area contributed by atoms with Crippen LogP contribution in [0.25, 0.3) is 0 Å². The number of fused-ring (bicyclic) bond motifs is 1. The van der Waals surface area contributed by atoms with Gasteiger partial charge in [0.15, 0.2) is 17.1 Å². The first-order valence-electron chi connectivity index (χ1n) is 7.16. The van der Waals surface area contributed by atoms with Gasteiger partial charge in [0.2, 0.25) is 5.78 Å². The van der Waals surface area contributed by atoms with Crippen molar-refractivity contribution < 1.29 is 34.7 Å². The van der Waals surface area contributed by atoms with Crippen LogP contribution in [-0.4, -0.2) is 45.5 Å². The van der Waals surface area contributed by atoms with Crippen LogP contribution in [0.5, 0.6) is 28.7 Å². The van der Waals surface area contributed by atoms with Crippen molar-refractivity contribution in [3.05, 3.63) is 41.5 Å². The van der Waals surface area contributed by atoms with E-state index in [0.29, 0.717) is 5.56 Å². The van der Waals surface area contributed by atoms with Crippen LogP contribution in [0.4, 0.5) is 0 Å². The third kappa shape index (κ3) is 2.59. The van der Waals surface area contributed by atoms with Gasteiger partial charge in [-0.2, -0.15) is 0 Å². The average molecular weight is 332 g/mol. The lowest BCUT2D eigenvalue weighted by molar-refractivity contribution is -0.00242. The van der Waals surface area contributed by atoms with E-state index < -0.39 is 17.1 Å². The van der Waals surface area contributed by atoms with Crippen LogP contribution in [0.15, 0.2) is 30.3 Å². The lowest BCUT2D eigenvalue weighted by Crippen LogP contribution is -2.49. The maximum atomic E-state index is 12.6. The van der Waals surface area contributed by atoms with Gasteiger partial charge in [-0.15, -0.1) is 0 Å². The van der Waals surface area contributed by atoms with Gasteiger partial charge < -0.3 is 29.9 Å². The number of ether oxygens (including phenoxy) is 2. The molecule has 0 aromatic heterocycles. The van der Waals surface area contributed by atoms with Crippen LogP contribution >= 0.6 is 0 Å². The molecule has 24 heavy (non-hydrogen) atoms. The molecule has 0 saturated carbocycles. The van der Waals surface area contributed by atoms with Crippen molar-refractivity contribution >= 4 is 5.78 Å². The molecule has 1 unspecified atom stereocenters. The highest BCUT2D eigenvalue weighted by Crippen LogP contribution is 2.40. The van der Waals surface area contributed by atoms with Gasteiger partial charge in [-0.05, 0) is 17.7 Å². The zero-order valence-corrected chi connectivity index (χ0v) is 12.8. The highest BCUT2D eigenvalue weighted by atomic mass is 16.5.